The topological polar surface area (TPSA) is 130 Å². The summed E-state index contributed by atoms with van der Waals surface area (Å²) in [6, 6.07) is 0. The summed E-state index contributed by atoms with van der Waals surface area (Å²) in [7, 11) is -1.50. The second-order valence-corrected chi connectivity index (χ2v) is 6.30. The zero-order valence-corrected chi connectivity index (χ0v) is 12.7. The first kappa shape index (κ1) is 17.1. The van der Waals surface area contributed by atoms with Crippen LogP contribution in [0.3, 0.4) is 0 Å². The van der Waals surface area contributed by atoms with Crippen molar-refractivity contribution in [3.05, 3.63) is 11.3 Å². The van der Waals surface area contributed by atoms with E-state index in [9.17, 15) is 18.0 Å². The zero-order chi connectivity index (χ0) is 16.2. The van der Waals surface area contributed by atoms with Crippen molar-refractivity contribution in [1.29, 1.82) is 0 Å². The van der Waals surface area contributed by atoms with E-state index in [1.54, 1.807) is 0 Å². The molecule has 1 heterocycles. The van der Waals surface area contributed by atoms with Crippen molar-refractivity contribution < 1.29 is 27.9 Å². The van der Waals surface area contributed by atoms with Gasteiger partial charge in [-0.3, -0.25) is 9.89 Å². The molecule has 0 saturated heterocycles. The SMILES string of the molecule is COC(=O)CCCN(C)S(=O)(=O)c1n[nH]c(C)c1C(=O)O. The number of methoxy groups -OCH3 is 1. The molecule has 0 bridgehead atoms. The highest BCUT2D eigenvalue weighted by molar-refractivity contribution is 7.89. The number of carbonyl (C=O) groups is 2. The monoisotopic (exact) mass is 319 g/mol. The maximum absolute atomic E-state index is 12.3. The third-order valence-corrected chi connectivity index (χ3v) is 4.65. The Hall–Kier alpha value is -1.94. The molecule has 9 nitrogen and oxygen atoms in total. The van der Waals surface area contributed by atoms with Crippen LogP contribution in [0.1, 0.15) is 28.9 Å². The van der Waals surface area contributed by atoms with E-state index in [4.69, 9.17) is 5.11 Å². The largest absolute Gasteiger partial charge is 0.478 e. The molecule has 0 radical (unpaired) electrons. The first-order valence-electron chi connectivity index (χ1n) is 6.03. The number of esters is 1. The number of sulfonamides is 1. The molecule has 0 spiro atoms. The molecule has 0 saturated carbocycles. The van der Waals surface area contributed by atoms with E-state index in [1.807, 2.05) is 0 Å². The molecular formula is C11H17N3O6S. The van der Waals surface area contributed by atoms with Gasteiger partial charge in [-0.1, -0.05) is 0 Å². The number of rotatable bonds is 7. The highest BCUT2D eigenvalue weighted by Crippen LogP contribution is 2.19. The Bertz CT molecular complexity index is 636. The van der Waals surface area contributed by atoms with Crippen LogP contribution in [0, 0.1) is 6.92 Å². The molecule has 118 valence electrons. The first-order valence-corrected chi connectivity index (χ1v) is 7.47. The minimum absolute atomic E-state index is 0.0440. The molecule has 1 aromatic rings. The van der Waals surface area contributed by atoms with E-state index >= 15 is 0 Å². The van der Waals surface area contributed by atoms with E-state index in [-0.39, 0.29) is 30.6 Å². The van der Waals surface area contributed by atoms with Gasteiger partial charge in [0.05, 0.1) is 7.11 Å². The van der Waals surface area contributed by atoms with Crippen LogP contribution in [0.5, 0.6) is 0 Å². The van der Waals surface area contributed by atoms with Gasteiger partial charge in [-0.2, -0.15) is 9.40 Å². The number of aromatic carboxylic acids is 1. The smallest absolute Gasteiger partial charge is 0.340 e. The zero-order valence-electron chi connectivity index (χ0n) is 11.9. The quantitative estimate of drug-likeness (QED) is 0.676. The van der Waals surface area contributed by atoms with Gasteiger partial charge in [0.25, 0.3) is 10.0 Å². The fourth-order valence-electron chi connectivity index (χ4n) is 1.66. The predicted molar refractivity (Wildman–Crippen MR) is 71.3 cm³/mol. The number of ether oxygens (including phenoxy) is 1. The van der Waals surface area contributed by atoms with E-state index in [0.717, 1.165) is 4.31 Å². The molecule has 0 aromatic carbocycles. The fraction of sp³-hybridized carbons (Fsp3) is 0.545. The number of hydrogen-bond donors (Lipinski definition) is 2. The second kappa shape index (κ2) is 6.68. The van der Waals surface area contributed by atoms with E-state index < -0.39 is 27.0 Å². The van der Waals surface area contributed by atoms with Crippen molar-refractivity contribution in [3.63, 3.8) is 0 Å². The average Bonchev–Trinajstić information content (AvgIpc) is 2.80. The predicted octanol–water partition coefficient (Wildman–Crippen LogP) is -0.00998. The van der Waals surface area contributed by atoms with Gasteiger partial charge in [0.2, 0.25) is 5.03 Å². The van der Waals surface area contributed by atoms with Crippen molar-refractivity contribution in [3.8, 4) is 0 Å². The first-order chi connectivity index (χ1) is 9.71. The van der Waals surface area contributed by atoms with E-state index in [0.29, 0.717) is 0 Å². The lowest BCUT2D eigenvalue weighted by Crippen LogP contribution is -2.30. The summed E-state index contributed by atoms with van der Waals surface area (Å²) < 4.78 is 30.0. The lowest BCUT2D eigenvalue weighted by atomic mass is 10.3. The van der Waals surface area contributed by atoms with Gasteiger partial charge in [0, 0.05) is 25.7 Å². The Morgan fingerprint density at radius 2 is 2.05 bits per heavy atom. The summed E-state index contributed by atoms with van der Waals surface area (Å²) in [4.78, 5) is 22.1. The standard InChI is InChI=1S/C11H17N3O6S/c1-7-9(11(16)17)10(13-12-7)21(18,19)14(2)6-4-5-8(15)20-3/h4-6H2,1-3H3,(H,12,13)(H,16,17). The highest BCUT2D eigenvalue weighted by Gasteiger charge is 2.31. The normalized spacial score (nSPS) is 11.6. The number of aromatic amines is 1. The number of H-pyrrole nitrogens is 1. The summed E-state index contributed by atoms with van der Waals surface area (Å²) in [6.07, 6.45) is 0.329. The van der Waals surface area contributed by atoms with Crippen LogP contribution in [0.4, 0.5) is 0 Å². The summed E-state index contributed by atoms with van der Waals surface area (Å²) in [5.74, 6) is -1.81. The number of hydrogen-bond acceptors (Lipinski definition) is 6. The average molecular weight is 319 g/mol. The molecule has 0 aliphatic rings. The number of nitrogens with one attached hydrogen (secondary N) is 1. The third-order valence-electron chi connectivity index (χ3n) is 2.86. The van der Waals surface area contributed by atoms with Gasteiger partial charge in [-0.15, -0.1) is 0 Å². The number of nitrogens with zero attached hydrogens (tertiary/aromatic N) is 2. The molecular weight excluding hydrogens is 302 g/mol. The number of aryl methyl sites for hydroxylation is 1. The summed E-state index contributed by atoms with van der Waals surface area (Å²) >= 11 is 0. The number of aromatic nitrogens is 2. The molecule has 1 rings (SSSR count). The van der Waals surface area contributed by atoms with Crippen LogP contribution in [0.25, 0.3) is 0 Å². The van der Waals surface area contributed by atoms with Gasteiger partial charge >= 0.3 is 11.9 Å². The molecule has 0 fully saturated rings. The van der Waals surface area contributed by atoms with Crippen LogP contribution < -0.4 is 0 Å². The van der Waals surface area contributed by atoms with E-state index in [2.05, 4.69) is 14.9 Å². The molecule has 0 amide bonds. The van der Waals surface area contributed by atoms with Gasteiger partial charge in [-0.05, 0) is 13.3 Å². The maximum atomic E-state index is 12.3. The molecule has 2 N–H and O–H groups in total. The summed E-state index contributed by atoms with van der Waals surface area (Å²) in [5.41, 5.74) is -0.223. The maximum Gasteiger partial charge on any atom is 0.340 e. The molecule has 0 unspecified atom stereocenters. The van der Waals surface area contributed by atoms with Crippen molar-refractivity contribution in [1.82, 2.24) is 14.5 Å². The highest BCUT2D eigenvalue weighted by atomic mass is 32.2. The van der Waals surface area contributed by atoms with Crippen molar-refractivity contribution in [2.75, 3.05) is 20.7 Å². The number of carboxylic acid groups (broad SMARTS) is 1. The molecule has 10 heteroatoms. The number of carbonyl (C=O) groups excluding carboxylic acids is 1. The Kier molecular flexibility index (Phi) is 5.44. The summed E-state index contributed by atoms with van der Waals surface area (Å²) in [5, 5.41) is 14.4. The Morgan fingerprint density at radius 1 is 1.43 bits per heavy atom. The molecule has 0 atom stereocenters. The van der Waals surface area contributed by atoms with Crippen LogP contribution in [0.2, 0.25) is 0 Å². The summed E-state index contributed by atoms with van der Waals surface area (Å²) in [6.45, 7) is 1.47. The van der Waals surface area contributed by atoms with Gasteiger partial charge in [0.15, 0.2) is 0 Å². The third kappa shape index (κ3) is 3.79. The molecule has 0 aliphatic heterocycles. The van der Waals surface area contributed by atoms with Crippen molar-refractivity contribution >= 4 is 22.0 Å². The van der Waals surface area contributed by atoms with Crippen molar-refractivity contribution in [2.24, 2.45) is 0 Å². The minimum Gasteiger partial charge on any atom is -0.478 e. The minimum atomic E-state index is -4.04. The lowest BCUT2D eigenvalue weighted by molar-refractivity contribution is -0.140. The van der Waals surface area contributed by atoms with Gasteiger partial charge in [-0.25, -0.2) is 13.2 Å². The Morgan fingerprint density at radius 3 is 2.57 bits per heavy atom. The lowest BCUT2D eigenvalue weighted by Gasteiger charge is -2.15. The van der Waals surface area contributed by atoms with Crippen LogP contribution in [-0.2, 0) is 19.6 Å². The molecule has 21 heavy (non-hydrogen) atoms. The van der Waals surface area contributed by atoms with Gasteiger partial charge < -0.3 is 9.84 Å². The number of carboxylic acids is 1. The Balaban J connectivity index is 2.91. The molecule has 1 aromatic heterocycles. The van der Waals surface area contributed by atoms with Crippen molar-refractivity contribution in [2.45, 2.75) is 24.8 Å². The van der Waals surface area contributed by atoms with Crippen LogP contribution in [-0.4, -0.2) is 60.7 Å². The molecule has 0 aliphatic carbocycles. The van der Waals surface area contributed by atoms with E-state index in [1.165, 1.54) is 21.1 Å². The van der Waals surface area contributed by atoms with Crippen LogP contribution >= 0.6 is 0 Å². The fourth-order valence-corrected chi connectivity index (χ4v) is 2.99. The second-order valence-electron chi connectivity index (χ2n) is 4.34. The van der Waals surface area contributed by atoms with Crippen LogP contribution in [0.15, 0.2) is 5.03 Å². The van der Waals surface area contributed by atoms with Gasteiger partial charge in [0.1, 0.15) is 5.56 Å². The Labute approximate surface area is 121 Å².